The van der Waals surface area contributed by atoms with E-state index >= 15 is 0 Å². The van der Waals surface area contributed by atoms with Gasteiger partial charge in [-0.1, -0.05) is 32.0 Å². The van der Waals surface area contributed by atoms with Crippen LogP contribution < -0.4 is 4.72 Å². The maximum Gasteiger partial charge on any atom is 0.261 e. The second kappa shape index (κ2) is 7.24. The van der Waals surface area contributed by atoms with E-state index in [2.05, 4.69) is 18.6 Å². The Morgan fingerprint density at radius 3 is 2.43 bits per heavy atom. The van der Waals surface area contributed by atoms with Crippen LogP contribution in [0.1, 0.15) is 49.3 Å². The van der Waals surface area contributed by atoms with Gasteiger partial charge in [0.25, 0.3) is 10.0 Å². The minimum atomic E-state index is -3.65. The average Bonchev–Trinajstić information content (AvgIpc) is 3.52. The molecule has 1 heterocycles. The molecule has 2 aromatic carbocycles. The smallest absolute Gasteiger partial charge is 0.261 e. The molecule has 1 N–H and O–H groups in total. The fourth-order valence-electron chi connectivity index (χ4n) is 3.64. The molecule has 2 aromatic rings. The zero-order chi connectivity index (χ0) is 19.9. The summed E-state index contributed by atoms with van der Waals surface area (Å²) in [6.45, 7) is 5.46. The Hall–Kier alpha value is -2.34. The number of benzene rings is 2. The molecule has 1 aliphatic carbocycles. The first-order chi connectivity index (χ1) is 13.3. The summed E-state index contributed by atoms with van der Waals surface area (Å²) in [7, 11) is -3.65. The van der Waals surface area contributed by atoms with E-state index in [-0.39, 0.29) is 16.7 Å². The number of hydrogen-bond acceptors (Lipinski definition) is 3. The van der Waals surface area contributed by atoms with Crippen molar-refractivity contribution in [2.45, 2.75) is 50.5 Å². The zero-order valence-corrected chi connectivity index (χ0v) is 17.1. The van der Waals surface area contributed by atoms with Gasteiger partial charge in [-0.05, 0) is 66.1 Å². The Morgan fingerprint density at radius 1 is 1.07 bits per heavy atom. The number of nitrogens with one attached hydrogen (secondary N) is 1. The van der Waals surface area contributed by atoms with Gasteiger partial charge in [-0.3, -0.25) is 9.52 Å². The molecule has 1 amide bonds. The van der Waals surface area contributed by atoms with E-state index in [9.17, 15) is 13.2 Å². The minimum Gasteiger partial charge on any atom is -0.338 e. The lowest BCUT2D eigenvalue weighted by molar-refractivity contribution is -0.133. The van der Waals surface area contributed by atoms with Gasteiger partial charge in [0.05, 0.1) is 4.90 Å². The molecule has 0 atom stereocenters. The SMILES string of the molecule is CC(C)c1ccc(S(=O)(=O)Nc2ccc3c(c2)CN(C(=O)C2CC2)CC3)cc1. The van der Waals surface area contributed by atoms with Gasteiger partial charge in [-0.2, -0.15) is 0 Å². The molecule has 0 bridgehead atoms. The van der Waals surface area contributed by atoms with Crippen LogP contribution in [0.3, 0.4) is 0 Å². The first-order valence-electron chi connectivity index (χ1n) is 9.87. The third-order valence-corrected chi connectivity index (χ3v) is 6.96. The van der Waals surface area contributed by atoms with Crippen molar-refractivity contribution in [3.05, 3.63) is 59.2 Å². The lowest BCUT2D eigenvalue weighted by Gasteiger charge is -2.29. The molecule has 1 aliphatic heterocycles. The highest BCUT2D eigenvalue weighted by Crippen LogP contribution is 2.33. The lowest BCUT2D eigenvalue weighted by Crippen LogP contribution is -2.36. The van der Waals surface area contributed by atoms with Crippen molar-refractivity contribution in [1.82, 2.24) is 4.90 Å². The molecule has 28 heavy (non-hydrogen) atoms. The third kappa shape index (κ3) is 3.92. The van der Waals surface area contributed by atoms with Crippen LogP contribution in [0.15, 0.2) is 47.4 Å². The predicted molar refractivity (Wildman–Crippen MR) is 110 cm³/mol. The molecule has 6 heteroatoms. The number of amides is 1. The predicted octanol–water partition coefficient (Wildman–Crippen LogP) is 3.91. The van der Waals surface area contributed by atoms with Crippen molar-refractivity contribution in [2.75, 3.05) is 11.3 Å². The number of fused-ring (bicyclic) bond motifs is 1. The maximum absolute atomic E-state index is 12.7. The fraction of sp³-hybridized carbons (Fsp3) is 0.409. The molecule has 0 radical (unpaired) electrons. The van der Waals surface area contributed by atoms with Crippen LogP contribution in [-0.2, 0) is 27.8 Å². The topological polar surface area (TPSA) is 66.5 Å². The van der Waals surface area contributed by atoms with Crippen LogP contribution in [0.25, 0.3) is 0 Å². The number of anilines is 1. The van der Waals surface area contributed by atoms with E-state index in [4.69, 9.17) is 0 Å². The van der Waals surface area contributed by atoms with Crippen LogP contribution >= 0.6 is 0 Å². The zero-order valence-electron chi connectivity index (χ0n) is 16.3. The van der Waals surface area contributed by atoms with E-state index in [0.717, 1.165) is 36.9 Å². The molecule has 1 fully saturated rings. The third-order valence-electron chi connectivity index (χ3n) is 5.57. The number of nitrogens with zero attached hydrogens (tertiary/aromatic N) is 1. The normalized spacial score (nSPS) is 16.8. The van der Waals surface area contributed by atoms with Gasteiger partial charge in [0.15, 0.2) is 0 Å². The van der Waals surface area contributed by atoms with Crippen molar-refractivity contribution in [1.29, 1.82) is 0 Å². The molecule has 0 aromatic heterocycles. The van der Waals surface area contributed by atoms with E-state index in [1.165, 1.54) is 5.56 Å². The number of carbonyl (C=O) groups is 1. The Bertz CT molecular complexity index is 993. The Morgan fingerprint density at radius 2 is 1.79 bits per heavy atom. The van der Waals surface area contributed by atoms with E-state index < -0.39 is 10.0 Å². The number of rotatable bonds is 5. The molecule has 5 nitrogen and oxygen atoms in total. The summed E-state index contributed by atoms with van der Waals surface area (Å²) in [6.07, 6.45) is 2.81. The molecule has 148 valence electrons. The van der Waals surface area contributed by atoms with Crippen molar-refractivity contribution < 1.29 is 13.2 Å². The quantitative estimate of drug-likeness (QED) is 0.830. The Balaban J connectivity index is 1.52. The second-order valence-electron chi connectivity index (χ2n) is 8.10. The van der Waals surface area contributed by atoms with Crippen molar-refractivity contribution in [3.8, 4) is 0 Å². The van der Waals surface area contributed by atoms with Gasteiger partial charge < -0.3 is 4.90 Å². The molecular weight excluding hydrogens is 372 g/mol. The highest BCUT2D eigenvalue weighted by molar-refractivity contribution is 7.92. The molecule has 1 saturated carbocycles. The van der Waals surface area contributed by atoms with Crippen LogP contribution in [-0.4, -0.2) is 25.8 Å². The molecular formula is C22H26N2O3S. The molecule has 4 rings (SSSR count). The van der Waals surface area contributed by atoms with Gasteiger partial charge in [0, 0.05) is 24.7 Å². The summed E-state index contributed by atoms with van der Waals surface area (Å²) in [6, 6.07) is 12.6. The van der Waals surface area contributed by atoms with Crippen molar-refractivity contribution in [2.24, 2.45) is 5.92 Å². The molecule has 2 aliphatic rings. The largest absolute Gasteiger partial charge is 0.338 e. The van der Waals surface area contributed by atoms with Crippen molar-refractivity contribution in [3.63, 3.8) is 0 Å². The molecule has 0 unspecified atom stereocenters. The van der Waals surface area contributed by atoms with Gasteiger partial charge in [0.2, 0.25) is 5.91 Å². The van der Waals surface area contributed by atoms with E-state index in [1.54, 1.807) is 18.2 Å². The number of sulfonamides is 1. The maximum atomic E-state index is 12.7. The molecule has 0 spiro atoms. The van der Waals surface area contributed by atoms with E-state index in [0.29, 0.717) is 18.2 Å². The standard InChI is InChI=1S/C22H26N2O3S/c1-15(2)16-6-9-21(10-7-16)28(26,27)23-20-8-5-17-11-12-24(14-19(17)13-20)22(25)18-3-4-18/h5-10,13,15,18,23H,3-4,11-12,14H2,1-2H3. The second-order valence-corrected chi connectivity index (χ2v) is 9.78. The summed E-state index contributed by atoms with van der Waals surface area (Å²) in [4.78, 5) is 14.5. The monoisotopic (exact) mass is 398 g/mol. The number of hydrogen-bond donors (Lipinski definition) is 1. The van der Waals surface area contributed by atoms with Crippen LogP contribution in [0.2, 0.25) is 0 Å². The number of carbonyl (C=O) groups excluding carboxylic acids is 1. The van der Waals surface area contributed by atoms with Crippen LogP contribution in [0, 0.1) is 5.92 Å². The highest BCUT2D eigenvalue weighted by Gasteiger charge is 2.34. The fourth-order valence-corrected chi connectivity index (χ4v) is 4.69. The van der Waals surface area contributed by atoms with Gasteiger partial charge in [0.1, 0.15) is 0 Å². The average molecular weight is 399 g/mol. The summed E-state index contributed by atoms with van der Waals surface area (Å²) in [5, 5.41) is 0. The summed E-state index contributed by atoms with van der Waals surface area (Å²) in [5.74, 6) is 0.797. The van der Waals surface area contributed by atoms with E-state index in [1.807, 2.05) is 29.2 Å². The van der Waals surface area contributed by atoms with Crippen LogP contribution in [0.4, 0.5) is 5.69 Å². The first kappa shape index (κ1) is 19.0. The van der Waals surface area contributed by atoms with Crippen molar-refractivity contribution >= 4 is 21.6 Å². The Kier molecular flexibility index (Phi) is 4.91. The van der Waals surface area contributed by atoms with Gasteiger partial charge in [-0.25, -0.2) is 8.42 Å². The Labute approximate surface area is 166 Å². The minimum absolute atomic E-state index is 0.206. The summed E-state index contributed by atoms with van der Waals surface area (Å²) in [5.41, 5.74) is 3.85. The van der Waals surface area contributed by atoms with Gasteiger partial charge in [-0.15, -0.1) is 0 Å². The molecule has 0 saturated heterocycles. The lowest BCUT2D eigenvalue weighted by atomic mass is 9.99. The first-order valence-corrected chi connectivity index (χ1v) is 11.3. The summed E-state index contributed by atoms with van der Waals surface area (Å²) < 4.78 is 28.2. The summed E-state index contributed by atoms with van der Waals surface area (Å²) >= 11 is 0. The van der Waals surface area contributed by atoms with Crippen LogP contribution in [0.5, 0.6) is 0 Å². The van der Waals surface area contributed by atoms with Gasteiger partial charge >= 0.3 is 0 Å². The highest BCUT2D eigenvalue weighted by atomic mass is 32.2.